The number of nitrogens with zero attached hydrogens (tertiary/aromatic N) is 5. The van der Waals surface area contributed by atoms with Crippen molar-refractivity contribution in [3.8, 4) is 5.75 Å². The van der Waals surface area contributed by atoms with Crippen LogP contribution in [-0.2, 0) is 0 Å². The van der Waals surface area contributed by atoms with Crippen molar-refractivity contribution >= 4 is 23.3 Å². The van der Waals surface area contributed by atoms with Gasteiger partial charge in [0.2, 0.25) is 5.95 Å². The van der Waals surface area contributed by atoms with Gasteiger partial charge in [-0.05, 0) is 31.2 Å². The lowest BCUT2D eigenvalue weighted by Gasteiger charge is -2.35. The molecule has 0 radical (unpaired) electrons. The molecule has 1 saturated heterocycles. The third-order valence-electron chi connectivity index (χ3n) is 4.75. The molecule has 3 heterocycles. The number of rotatable bonds is 5. The maximum Gasteiger partial charge on any atom is 0.227 e. The van der Waals surface area contributed by atoms with E-state index in [1.807, 2.05) is 61.7 Å². The van der Waals surface area contributed by atoms with Crippen LogP contribution in [0.4, 0.5) is 23.3 Å². The zero-order chi connectivity index (χ0) is 19.3. The summed E-state index contributed by atoms with van der Waals surface area (Å²) in [6, 6.07) is 15.8. The van der Waals surface area contributed by atoms with E-state index in [2.05, 4.69) is 25.1 Å². The summed E-state index contributed by atoms with van der Waals surface area (Å²) in [5.41, 5.74) is 1.81. The standard InChI is InChI=1S/C21H24N6O/c1-16-15-19(24-17-7-3-4-8-18(17)28-2)25-21(23-16)27-13-11-26(12-14-27)20-9-5-6-10-22-20/h3-10,15H,11-14H2,1-2H3,(H,23,24,25). The van der Waals surface area contributed by atoms with Crippen LogP contribution in [-0.4, -0.2) is 48.2 Å². The Morgan fingerprint density at radius 1 is 0.929 bits per heavy atom. The number of hydrogen-bond acceptors (Lipinski definition) is 7. The summed E-state index contributed by atoms with van der Waals surface area (Å²) >= 11 is 0. The van der Waals surface area contributed by atoms with Gasteiger partial charge in [0.1, 0.15) is 17.4 Å². The topological polar surface area (TPSA) is 66.4 Å². The highest BCUT2D eigenvalue weighted by molar-refractivity contribution is 5.64. The van der Waals surface area contributed by atoms with Gasteiger partial charge >= 0.3 is 0 Å². The quantitative estimate of drug-likeness (QED) is 0.733. The maximum absolute atomic E-state index is 5.42. The Morgan fingerprint density at radius 3 is 2.43 bits per heavy atom. The average molecular weight is 376 g/mol. The Hall–Kier alpha value is -3.35. The molecule has 4 rings (SSSR count). The van der Waals surface area contributed by atoms with Crippen molar-refractivity contribution in [3.63, 3.8) is 0 Å². The molecule has 0 aliphatic carbocycles. The fraction of sp³-hybridized carbons (Fsp3) is 0.286. The summed E-state index contributed by atoms with van der Waals surface area (Å²) in [6.07, 6.45) is 1.83. The van der Waals surface area contributed by atoms with Crippen LogP contribution in [0.25, 0.3) is 0 Å². The number of methoxy groups -OCH3 is 1. The molecule has 1 aliphatic rings. The van der Waals surface area contributed by atoms with E-state index in [1.54, 1.807) is 7.11 Å². The lowest BCUT2D eigenvalue weighted by atomic mass is 10.3. The lowest BCUT2D eigenvalue weighted by molar-refractivity contribution is 0.417. The van der Waals surface area contributed by atoms with Crippen molar-refractivity contribution in [2.45, 2.75) is 6.92 Å². The van der Waals surface area contributed by atoms with Gasteiger partial charge in [-0.15, -0.1) is 0 Å². The van der Waals surface area contributed by atoms with Gasteiger partial charge in [0.25, 0.3) is 0 Å². The number of piperazine rings is 1. The van der Waals surface area contributed by atoms with Gasteiger partial charge in [0, 0.05) is 44.1 Å². The SMILES string of the molecule is COc1ccccc1Nc1cc(C)nc(N2CCN(c3ccccn3)CC2)n1. The minimum Gasteiger partial charge on any atom is -0.495 e. The molecule has 28 heavy (non-hydrogen) atoms. The number of aromatic nitrogens is 3. The van der Waals surface area contributed by atoms with E-state index in [0.29, 0.717) is 0 Å². The molecular weight excluding hydrogens is 352 g/mol. The highest BCUT2D eigenvalue weighted by Crippen LogP contribution is 2.27. The number of aryl methyl sites for hydroxylation is 1. The van der Waals surface area contributed by atoms with E-state index in [-0.39, 0.29) is 0 Å². The number of pyridine rings is 1. The summed E-state index contributed by atoms with van der Waals surface area (Å²) in [7, 11) is 1.66. The Kier molecular flexibility index (Phi) is 5.23. The highest BCUT2D eigenvalue weighted by Gasteiger charge is 2.20. The second-order valence-corrected chi connectivity index (χ2v) is 6.68. The van der Waals surface area contributed by atoms with Crippen LogP contribution < -0.4 is 19.9 Å². The van der Waals surface area contributed by atoms with E-state index in [1.165, 1.54) is 0 Å². The van der Waals surface area contributed by atoms with Gasteiger partial charge in [0.15, 0.2) is 0 Å². The monoisotopic (exact) mass is 376 g/mol. The number of hydrogen-bond donors (Lipinski definition) is 1. The molecule has 0 amide bonds. The van der Waals surface area contributed by atoms with Crippen LogP contribution >= 0.6 is 0 Å². The van der Waals surface area contributed by atoms with Crippen LogP contribution in [0.15, 0.2) is 54.7 Å². The van der Waals surface area contributed by atoms with E-state index in [9.17, 15) is 0 Å². The van der Waals surface area contributed by atoms with E-state index >= 15 is 0 Å². The minimum absolute atomic E-state index is 0.748. The Balaban J connectivity index is 1.49. The normalized spacial score (nSPS) is 14.1. The molecule has 0 unspecified atom stereocenters. The van der Waals surface area contributed by atoms with Crippen molar-refractivity contribution in [3.05, 3.63) is 60.4 Å². The summed E-state index contributed by atoms with van der Waals surface area (Å²) in [6.45, 7) is 5.48. The van der Waals surface area contributed by atoms with Crippen molar-refractivity contribution in [1.29, 1.82) is 0 Å². The first-order valence-electron chi connectivity index (χ1n) is 9.39. The summed E-state index contributed by atoms with van der Waals surface area (Å²) in [4.78, 5) is 18.3. The third kappa shape index (κ3) is 3.98. The van der Waals surface area contributed by atoms with E-state index < -0.39 is 0 Å². The van der Waals surface area contributed by atoms with Crippen LogP contribution in [0.3, 0.4) is 0 Å². The van der Waals surface area contributed by atoms with E-state index in [0.717, 1.165) is 60.9 Å². The van der Waals surface area contributed by atoms with Crippen molar-refractivity contribution in [2.24, 2.45) is 0 Å². The molecule has 0 bridgehead atoms. The predicted octanol–water partition coefficient (Wildman–Crippen LogP) is 3.26. The number of benzene rings is 1. The molecule has 7 nitrogen and oxygen atoms in total. The maximum atomic E-state index is 5.42. The smallest absolute Gasteiger partial charge is 0.227 e. The molecule has 0 atom stereocenters. The molecule has 144 valence electrons. The third-order valence-corrected chi connectivity index (χ3v) is 4.75. The van der Waals surface area contributed by atoms with Gasteiger partial charge < -0.3 is 19.9 Å². The summed E-state index contributed by atoms with van der Waals surface area (Å²) in [5, 5.41) is 3.36. The lowest BCUT2D eigenvalue weighted by Crippen LogP contribution is -2.47. The molecule has 3 aromatic rings. The molecule has 2 aromatic heterocycles. The molecule has 0 spiro atoms. The second-order valence-electron chi connectivity index (χ2n) is 6.68. The number of ether oxygens (including phenoxy) is 1. The van der Waals surface area contributed by atoms with E-state index in [4.69, 9.17) is 9.72 Å². The van der Waals surface area contributed by atoms with Crippen molar-refractivity contribution in [2.75, 3.05) is 48.4 Å². The van der Waals surface area contributed by atoms with Gasteiger partial charge in [-0.1, -0.05) is 18.2 Å². The van der Waals surface area contributed by atoms with Crippen LogP contribution in [0.1, 0.15) is 5.69 Å². The molecule has 1 N–H and O–H groups in total. The van der Waals surface area contributed by atoms with Gasteiger partial charge in [-0.2, -0.15) is 4.98 Å². The second kappa shape index (κ2) is 8.12. The molecule has 0 saturated carbocycles. The Labute approximate surface area is 165 Å². The predicted molar refractivity (Wildman–Crippen MR) is 112 cm³/mol. The zero-order valence-corrected chi connectivity index (χ0v) is 16.2. The minimum atomic E-state index is 0.748. The molecule has 1 aliphatic heterocycles. The average Bonchev–Trinajstić information content (AvgIpc) is 2.74. The van der Waals surface area contributed by atoms with Crippen molar-refractivity contribution < 1.29 is 4.74 Å². The van der Waals surface area contributed by atoms with Gasteiger partial charge in [-0.25, -0.2) is 9.97 Å². The number of para-hydroxylation sites is 2. The molecular formula is C21H24N6O. The van der Waals surface area contributed by atoms with Gasteiger partial charge in [-0.3, -0.25) is 0 Å². The molecule has 1 fully saturated rings. The Bertz CT molecular complexity index is 925. The summed E-state index contributed by atoms with van der Waals surface area (Å²) in [5.74, 6) is 3.31. The van der Waals surface area contributed by atoms with Crippen LogP contribution in [0.2, 0.25) is 0 Å². The first-order valence-corrected chi connectivity index (χ1v) is 9.39. The number of anilines is 4. The molecule has 7 heteroatoms. The Morgan fingerprint density at radius 2 is 1.68 bits per heavy atom. The summed E-state index contributed by atoms with van der Waals surface area (Å²) < 4.78 is 5.42. The van der Waals surface area contributed by atoms with Crippen molar-refractivity contribution in [1.82, 2.24) is 15.0 Å². The fourth-order valence-electron chi connectivity index (χ4n) is 3.32. The zero-order valence-electron chi connectivity index (χ0n) is 16.2. The molecule has 1 aromatic carbocycles. The number of nitrogens with one attached hydrogen (secondary N) is 1. The first-order chi connectivity index (χ1) is 13.7. The van der Waals surface area contributed by atoms with Gasteiger partial charge in [0.05, 0.1) is 12.8 Å². The van der Waals surface area contributed by atoms with Crippen LogP contribution in [0, 0.1) is 6.92 Å². The highest BCUT2D eigenvalue weighted by atomic mass is 16.5. The first kappa shape index (κ1) is 18.0. The fourth-order valence-corrected chi connectivity index (χ4v) is 3.32. The van der Waals surface area contributed by atoms with Crippen LogP contribution in [0.5, 0.6) is 5.75 Å². The largest absolute Gasteiger partial charge is 0.495 e.